The molecule has 0 unspecified atom stereocenters. The number of anilines is 1. The molecule has 2 rings (SSSR count). The van der Waals surface area contributed by atoms with Crippen molar-refractivity contribution < 1.29 is 14.3 Å². The number of nitrogens with one attached hydrogen (secondary N) is 1. The number of nitrogens with two attached hydrogens (primary N) is 1. The Balaban J connectivity index is 2.02. The van der Waals surface area contributed by atoms with Crippen molar-refractivity contribution in [3.63, 3.8) is 0 Å². The maximum absolute atomic E-state index is 12.1. The fourth-order valence-electron chi connectivity index (χ4n) is 2.82. The quantitative estimate of drug-likeness (QED) is 0.834. The zero-order valence-electron chi connectivity index (χ0n) is 12.6. The molecule has 0 heterocycles. The van der Waals surface area contributed by atoms with Crippen LogP contribution in [0.5, 0.6) is 0 Å². The summed E-state index contributed by atoms with van der Waals surface area (Å²) in [7, 11) is 1.34. The Morgan fingerprint density at radius 2 is 2.00 bits per heavy atom. The molecule has 114 valence electrons. The molecule has 0 aliphatic heterocycles. The number of carbonyl (C=O) groups excluding carboxylic acids is 2. The van der Waals surface area contributed by atoms with Crippen LogP contribution in [0.15, 0.2) is 18.2 Å². The van der Waals surface area contributed by atoms with Gasteiger partial charge in [-0.25, -0.2) is 4.79 Å². The Kier molecular flexibility index (Phi) is 4.63. The third-order valence-electron chi connectivity index (χ3n) is 4.03. The van der Waals surface area contributed by atoms with Crippen molar-refractivity contribution in [1.82, 2.24) is 0 Å². The summed E-state index contributed by atoms with van der Waals surface area (Å²) in [5.41, 5.74) is 7.85. The third-order valence-corrected chi connectivity index (χ3v) is 4.03. The van der Waals surface area contributed by atoms with Crippen molar-refractivity contribution in [3.05, 3.63) is 29.3 Å². The molecule has 1 aromatic rings. The van der Waals surface area contributed by atoms with Crippen LogP contribution in [0, 0.1) is 6.92 Å². The lowest BCUT2D eigenvalue weighted by molar-refractivity contribution is -0.117. The van der Waals surface area contributed by atoms with Gasteiger partial charge in [0, 0.05) is 17.6 Å². The van der Waals surface area contributed by atoms with Gasteiger partial charge in [0.05, 0.1) is 12.7 Å². The third kappa shape index (κ3) is 3.82. The van der Waals surface area contributed by atoms with E-state index in [0.29, 0.717) is 17.7 Å². The van der Waals surface area contributed by atoms with Crippen LogP contribution < -0.4 is 11.1 Å². The number of amides is 1. The summed E-state index contributed by atoms with van der Waals surface area (Å²) in [6.07, 6.45) is 4.33. The van der Waals surface area contributed by atoms with Crippen LogP contribution in [-0.2, 0) is 9.53 Å². The standard InChI is InChI=1S/C16H22N2O3/c1-11-9-12(15(20)21-2)5-6-13(11)18-14(19)10-16(17)7-3-4-8-16/h5-6,9H,3-4,7-8,10,17H2,1-2H3,(H,18,19). The molecular weight excluding hydrogens is 268 g/mol. The van der Waals surface area contributed by atoms with E-state index in [-0.39, 0.29) is 17.4 Å². The molecule has 5 heteroatoms. The highest BCUT2D eigenvalue weighted by molar-refractivity contribution is 5.94. The Hall–Kier alpha value is -1.88. The van der Waals surface area contributed by atoms with Crippen molar-refractivity contribution in [2.45, 2.75) is 44.6 Å². The van der Waals surface area contributed by atoms with Gasteiger partial charge in [-0.2, -0.15) is 0 Å². The summed E-state index contributed by atoms with van der Waals surface area (Å²) in [6, 6.07) is 5.06. The van der Waals surface area contributed by atoms with Gasteiger partial charge in [0.1, 0.15) is 0 Å². The van der Waals surface area contributed by atoms with E-state index in [0.717, 1.165) is 31.2 Å². The molecule has 0 spiro atoms. The fourth-order valence-corrected chi connectivity index (χ4v) is 2.82. The van der Waals surface area contributed by atoms with Crippen LogP contribution in [0.4, 0.5) is 5.69 Å². The minimum absolute atomic E-state index is 0.0756. The highest BCUT2D eigenvalue weighted by atomic mass is 16.5. The molecule has 0 bridgehead atoms. The second kappa shape index (κ2) is 6.26. The van der Waals surface area contributed by atoms with Crippen LogP contribution in [0.1, 0.15) is 48.0 Å². The summed E-state index contributed by atoms with van der Waals surface area (Å²) in [6.45, 7) is 1.84. The largest absolute Gasteiger partial charge is 0.465 e. The molecule has 1 amide bonds. The number of benzene rings is 1. The average Bonchev–Trinajstić information content (AvgIpc) is 2.86. The molecule has 1 aromatic carbocycles. The van der Waals surface area contributed by atoms with Gasteiger partial charge in [0.2, 0.25) is 5.91 Å². The summed E-state index contributed by atoms with van der Waals surface area (Å²) < 4.78 is 4.67. The lowest BCUT2D eigenvalue weighted by Crippen LogP contribution is -2.40. The Bertz CT molecular complexity index is 548. The molecule has 1 aliphatic carbocycles. The number of aryl methyl sites for hydroxylation is 1. The van der Waals surface area contributed by atoms with E-state index < -0.39 is 0 Å². The molecule has 0 atom stereocenters. The lowest BCUT2D eigenvalue weighted by atomic mass is 9.94. The molecule has 3 N–H and O–H groups in total. The van der Waals surface area contributed by atoms with Gasteiger partial charge in [-0.15, -0.1) is 0 Å². The van der Waals surface area contributed by atoms with Crippen molar-refractivity contribution in [2.75, 3.05) is 12.4 Å². The molecule has 1 fully saturated rings. The maximum Gasteiger partial charge on any atom is 0.337 e. The normalized spacial score (nSPS) is 16.5. The predicted octanol–water partition coefficient (Wildman–Crippen LogP) is 2.38. The first-order chi connectivity index (χ1) is 9.93. The molecule has 1 saturated carbocycles. The second-order valence-corrected chi connectivity index (χ2v) is 5.82. The highest BCUT2D eigenvalue weighted by Crippen LogP contribution is 2.30. The molecule has 1 aliphatic rings. The van der Waals surface area contributed by atoms with Gasteiger partial charge in [-0.1, -0.05) is 12.8 Å². The zero-order chi connectivity index (χ0) is 15.5. The van der Waals surface area contributed by atoms with E-state index in [1.165, 1.54) is 7.11 Å². The van der Waals surface area contributed by atoms with Gasteiger partial charge in [0.15, 0.2) is 0 Å². The van der Waals surface area contributed by atoms with Crippen molar-refractivity contribution in [3.8, 4) is 0 Å². The number of hydrogen-bond donors (Lipinski definition) is 2. The van der Waals surface area contributed by atoms with Gasteiger partial charge in [-0.3, -0.25) is 4.79 Å². The van der Waals surface area contributed by atoms with E-state index >= 15 is 0 Å². The fraction of sp³-hybridized carbons (Fsp3) is 0.500. The smallest absolute Gasteiger partial charge is 0.337 e. The summed E-state index contributed by atoms with van der Waals surface area (Å²) in [5.74, 6) is -0.462. The highest BCUT2D eigenvalue weighted by Gasteiger charge is 2.31. The second-order valence-electron chi connectivity index (χ2n) is 5.82. The van der Waals surface area contributed by atoms with Crippen LogP contribution >= 0.6 is 0 Å². The molecule has 5 nitrogen and oxygen atoms in total. The SMILES string of the molecule is COC(=O)c1ccc(NC(=O)CC2(N)CCCC2)c(C)c1. The zero-order valence-corrected chi connectivity index (χ0v) is 12.6. The molecule has 0 radical (unpaired) electrons. The van der Waals surface area contributed by atoms with Crippen molar-refractivity contribution in [2.24, 2.45) is 5.73 Å². The monoisotopic (exact) mass is 290 g/mol. The molecule has 0 saturated heterocycles. The molecular formula is C16H22N2O3. The van der Waals surface area contributed by atoms with Crippen LogP contribution in [0.25, 0.3) is 0 Å². The van der Waals surface area contributed by atoms with E-state index in [4.69, 9.17) is 5.73 Å². The molecule has 0 aromatic heterocycles. The van der Waals surface area contributed by atoms with Gasteiger partial charge in [-0.05, 0) is 43.5 Å². The summed E-state index contributed by atoms with van der Waals surface area (Å²) in [5, 5.41) is 2.88. The van der Waals surface area contributed by atoms with E-state index in [2.05, 4.69) is 10.1 Å². The van der Waals surface area contributed by atoms with Gasteiger partial charge >= 0.3 is 5.97 Å². The topological polar surface area (TPSA) is 81.4 Å². The number of esters is 1. The number of rotatable bonds is 4. The van der Waals surface area contributed by atoms with Gasteiger partial charge in [0.25, 0.3) is 0 Å². The number of methoxy groups -OCH3 is 1. The number of hydrogen-bond acceptors (Lipinski definition) is 4. The van der Waals surface area contributed by atoms with Crippen LogP contribution in [0.3, 0.4) is 0 Å². The summed E-state index contributed by atoms with van der Waals surface area (Å²) in [4.78, 5) is 23.6. The van der Waals surface area contributed by atoms with E-state index in [9.17, 15) is 9.59 Å². The first kappa shape index (κ1) is 15.5. The van der Waals surface area contributed by atoms with Gasteiger partial charge < -0.3 is 15.8 Å². The van der Waals surface area contributed by atoms with E-state index in [1.807, 2.05) is 6.92 Å². The van der Waals surface area contributed by atoms with Crippen molar-refractivity contribution in [1.29, 1.82) is 0 Å². The average molecular weight is 290 g/mol. The number of ether oxygens (including phenoxy) is 1. The Morgan fingerprint density at radius 1 is 1.33 bits per heavy atom. The minimum atomic E-state index is -0.386. The van der Waals surface area contributed by atoms with E-state index in [1.54, 1.807) is 18.2 Å². The predicted molar refractivity (Wildman–Crippen MR) is 81.2 cm³/mol. The van der Waals surface area contributed by atoms with Crippen LogP contribution in [0.2, 0.25) is 0 Å². The Morgan fingerprint density at radius 3 is 2.57 bits per heavy atom. The first-order valence-electron chi connectivity index (χ1n) is 7.21. The first-order valence-corrected chi connectivity index (χ1v) is 7.21. The number of carbonyl (C=O) groups is 2. The van der Waals surface area contributed by atoms with Crippen molar-refractivity contribution >= 4 is 17.6 Å². The minimum Gasteiger partial charge on any atom is -0.465 e. The summed E-state index contributed by atoms with van der Waals surface area (Å²) >= 11 is 0. The Labute approximate surface area is 124 Å². The molecule has 21 heavy (non-hydrogen) atoms. The lowest BCUT2D eigenvalue weighted by Gasteiger charge is -2.22. The van der Waals surface area contributed by atoms with Crippen LogP contribution in [-0.4, -0.2) is 24.5 Å². The maximum atomic E-state index is 12.1.